The number of hydrogen-bond acceptors (Lipinski definition) is 6. The van der Waals surface area contributed by atoms with Crippen LogP contribution in [0.4, 0.5) is 10.2 Å². The van der Waals surface area contributed by atoms with Crippen molar-refractivity contribution in [1.82, 2.24) is 20.0 Å². The first kappa shape index (κ1) is 18.9. The highest BCUT2D eigenvalue weighted by Crippen LogP contribution is 2.42. The van der Waals surface area contributed by atoms with E-state index in [1.807, 2.05) is 27.1 Å². The third-order valence-corrected chi connectivity index (χ3v) is 5.90. The second-order valence-electron chi connectivity index (χ2n) is 7.70. The zero-order valence-electron chi connectivity index (χ0n) is 16.7. The van der Waals surface area contributed by atoms with E-state index in [9.17, 15) is 4.39 Å². The van der Waals surface area contributed by atoms with E-state index in [-0.39, 0.29) is 29.9 Å². The number of ether oxygens (including phenoxy) is 1. The van der Waals surface area contributed by atoms with Crippen LogP contribution in [0.25, 0.3) is 5.57 Å². The molecule has 150 valence electrons. The van der Waals surface area contributed by atoms with Gasteiger partial charge in [-0.1, -0.05) is 6.08 Å². The van der Waals surface area contributed by atoms with Crippen LogP contribution in [0, 0.1) is 5.41 Å². The molecule has 0 radical (unpaired) electrons. The SMILES string of the molecule is CNC(C)/C(C)=C1\C(=N)Oc2c1nn(C)c2NC1CN(C2C=CC(F)=CC2)C1. The van der Waals surface area contributed by atoms with Crippen molar-refractivity contribution < 1.29 is 9.13 Å². The van der Waals surface area contributed by atoms with Crippen molar-refractivity contribution in [1.29, 1.82) is 5.41 Å². The Bertz CT molecular complexity index is 893. The van der Waals surface area contributed by atoms with Gasteiger partial charge < -0.3 is 15.4 Å². The highest BCUT2D eigenvalue weighted by Gasteiger charge is 2.37. The number of likely N-dealkylation sites (tertiary alicyclic amines) is 1. The maximum atomic E-state index is 13.1. The number of aromatic nitrogens is 2. The highest BCUT2D eigenvalue weighted by molar-refractivity contribution is 6.24. The molecule has 4 rings (SSSR count). The van der Waals surface area contributed by atoms with Crippen LogP contribution in [0.2, 0.25) is 0 Å². The van der Waals surface area contributed by atoms with E-state index in [2.05, 4.69) is 27.6 Å². The molecule has 0 bridgehead atoms. The Morgan fingerprint density at radius 2 is 2.18 bits per heavy atom. The number of aryl methyl sites for hydroxylation is 1. The molecule has 2 unspecified atom stereocenters. The minimum atomic E-state index is -0.150. The van der Waals surface area contributed by atoms with Crippen molar-refractivity contribution in [2.75, 3.05) is 25.5 Å². The lowest BCUT2D eigenvalue weighted by Crippen LogP contribution is -2.58. The quantitative estimate of drug-likeness (QED) is 0.725. The topological polar surface area (TPSA) is 78.2 Å². The average molecular weight is 386 g/mol. The minimum Gasteiger partial charge on any atom is -0.433 e. The molecule has 1 fully saturated rings. The summed E-state index contributed by atoms with van der Waals surface area (Å²) in [6, 6.07) is 0.664. The van der Waals surface area contributed by atoms with E-state index in [0.717, 1.165) is 35.7 Å². The van der Waals surface area contributed by atoms with Gasteiger partial charge in [0.25, 0.3) is 0 Å². The van der Waals surface area contributed by atoms with Crippen LogP contribution in [0.1, 0.15) is 26.0 Å². The molecule has 0 aromatic carbocycles. The van der Waals surface area contributed by atoms with E-state index >= 15 is 0 Å². The predicted octanol–water partition coefficient (Wildman–Crippen LogP) is 2.45. The third kappa shape index (κ3) is 3.16. The number of anilines is 1. The number of rotatable bonds is 5. The zero-order valence-corrected chi connectivity index (χ0v) is 16.7. The van der Waals surface area contributed by atoms with Gasteiger partial charge in [-0.25, -0.2) is 9.07 Å². The van der Waals surface area contributed by atoms with Gasteiger partial charge in [-0.15, -0.1) is 0 Å². The van der Waals surface area contributed by atoms with Crippen molar-refractivity contribution in [3.8, 4) is 5.75 Å². The lowest BCUT2D eigenvalue weighted by molar-refractivity contribution is 0.126. The van der Waals surface area contributed by atoms with E-state index in [4.69, 9.17) is 10.1 Å². The number of halogens is 1. The fraction of sp³-hybridized carbons (Fsp3) is 0.500. The van der Waals surface area contributed by atoms with Crippen molar-refractivity contribution >= 4 is 17.3 Å². The summed E-state index contributed by atoms with van der Waals surface area (Å²) in [5.74, 6) is 1.43. The second-order valence-corrected chi connectivity index (χ2v) is 7.70. The molecule has 3 aliphatic rings. The van der Waals surface area contributed by atoms with Gasteiger partial charge in [0.2, 0.25) is 5.90 Å². The Morgan fingerprint density at radius 3 is 2.82 bits per heavy atom. The first-order valence-electron chi connectivity index (χ1n) is 9.65. The monoisotopic (exact) mass is 386 g/mol. The molecule has 3 heterocycles. The second kappa shape index (κ2) is 7.18. The summed E-state index contributed by atoms with van der Waals surface area (Å²) in [6.45, 7) is 5.81. The molecular weight excluding hydrogens is 359 g/mol. The van der Waals surface area contributed by atoms with Crippen LogP contribution in [0.15, 0.2) is 29.6 Å². The van der Waals surface area contributed by atoms with Crippen LogP contribution in [0.3, 0.4) is 0 Å². The molecular formula is C20H27FN6O. The largest absolute Gasteiger partial charge is 0.433 e. The lowest BCUT2D eigenvalue weighted by atomic mass is 10.00. The zero-order chi connectivity index (χ0) is 20.0. The van der Waals surface area contributed by atoms with E-state index in [1.54, 1.807) is 16.8 Å². The Hall–Kier alpha value is -2.45. The first-order chi connectivity index (χ1) is 13.4. The number of fused-ring (bicyclic) bond motifs is 1. The molecule has 8 heteroatoms. The minimum absolute atomic E-state index is 0.130. The van der Waals surface area contributed by atoms with Gasteiger partial charge in [0, 0.05) is 32.2 Å². The van der Waals surface area contributed by atoms with Crippen LogP contribution in [-0.2, 0) is 7.05 Å². The van der Waals surface area contributed by atoms with Crippen LogP contribution in [0.5, 0.6) is 5.75 Å². The molecule has 0 saturated carbocycles. The standard InChI is InChI=1S/C20H27FN6O/c1-11(12(2)23-3)16-17-18(28-19(16)22)20(26(4)25-17)24-14-9-27(10-14)15-7-5-13(21)6-8-15/h5-7,12,14-15,22-24H,8-10H2,1-4H3/b16-11-,22-19?. The number of nitrogens with one attached hydrogen (secondary N) is 3. The van der Waals surface area contributed by atoms with Crippen molar-refractivity contribution in [2.45, 2.75) is 38.4 Å². The summed E-state index contributed by atoms with van der Waals surface area (Å²) in [4.78, 5) is 2.32. The van der Waals surface area contributed by atoms with Gasteiger partial charge in [0.15, 0.2) is 11.6 Å². The summed E-state index contributed by atoms with van der Waals surface area (Å²) in [5.41, 5.74) is 2.52. The molecule has 2 aliphatic heterocycles. The normalized spacial score (nSPS) is 25.1. The average Bonchev–Trinajstić information content (AvgIpc) is 3.11. The Labute approximate surface area is 164 Å². The number of hydrogen-bond donors (Lipinski definition) is 3. The molecule has 1 saturated heterocycles. The lowest BCUT2D eigenvalue weighted by Gasteiger charge is -2.44. The van der Waals surface area contributed by atoms with E-state index in [1.165, 1.54) is 0 Å². The maximum Gasteiger partial charge on any atom is 0.221 e. The van der Waals surface area contributed by atoms with Gasteiger partial charge in [-0.2, -0.15) is 5.10 Å². The summed E-state index contributed by atoms with van der Waals surface area (Å²) < 4.78 is 20.7. The van der Waals surface area contributed by atoms with Gasteiger partial charge in [-0.3, -0.25) is 10.3 Å². The van der Waals surface area contributed by atoms with E-state index < -0.39 is 0 Å². The molecule has 1 aromatic heterocycles. The number of allylic oxidation sites excluding steroid dienone is 2. The van der Waals surface area contributed by atoms with Crippen molar-refractivity contribution in [3.63, 3.8) is 0 Å². The van der Waals surface area contributed by atoms with Crippen LogP contribution in [-0.4, -0.2) is 58.8 Å². The molecule has 2 atom stereocenters. The Morgan fingerprint density at radius 1 is 1.43 bits per heavy atom. The predicted molar refractivity (Wildman–Crippen MR) is 108 cm³/mol. The molecule has 28 heavy (non-hydrogen) atoms. The third-order valence-electron chi connectivity index (χ3n) is 5.90. The maximum absolute atomic E-state index is 13.1. The van der Waals surface area contributed by atoms with Gasteiger partial charge in [0.05, 0.1) is 11.6 Å². The van der Waals surface area contributed by atoms with Crippen LogP contribution >= 0.6 is 0 Å². The molecule has 1 aromatic rings. The number of likely N-dealkylation sites (N-methyl/N-ethyl adjacent to an activating group) is 1. The summed E-state index contributed by atoms with van der Waals surface area (Å²) >= 11 is 0. The summed E-state index contributed by atoms with van der Waals surface area (Å²) in [6.07, 6.45) is 5.83. The van der Waals surface area contributed by atoms with Gasteiger partial charge in [0.1, 0.15) is 11.5 Å². The first-order valence-corrected chi connectivity index (χ1v) is 9.65. The molecule has 0 spiro atoms. The van der Waals surface area contributed by atoms with Gasteiger partial charge >= 0.3 is 0 Å². The highest BCUT2D eigenvalue weighted by atomic mass is 19.1. The smallest absolute Gasteiger partial charge is 0.221 e. The van der Waals surface area contributed by atoms with Crippen molar-refractivity contribution in [3.05, 3.63) is 35.3 Å². The van der Waals surface area contributed by atoms with Crippen LogP contribution < -0.4 is 15.4 Å². The Balaban J connectivity index is 1.47. The van der Waals surface area contributed by atoms with E-state index in [0.29, 0.717) is 12.2 Å². The molecule has 1 aliphatic carbocycles. The number of nitrogens with zero attached hydrogens (tertiary/aromatic N) is 3. The fourth-order valence-electron chi connectivity index (χ4n) is 3.91. The molecule has 7 nitrogen and oxygen atoms in total. The van der Waals surface area contributed by atoms with Crippen molar-refractivity contribution in [2.24, 2.45) is 7.05 Å². The molecule has 3 N–H and O–H groups in total. The Kier molecular flexibility index (Phi) is 4.84. The fourth-order valence-corrected chi connectivity index (χ4v) is 3.91. The summed E-state index contributed by atoms with van der Waals surface area (Å²) in [7, 11) is 3.78. The summed E-state index contributed by atoms with van der Waals surface area (Å²) in [5, 5.41) is 19.6. The molecule has 0 amide bonds. The van der Waals surface area contributed by atoms with Gasteiger partial charge in [-0.05, 0) is 45.0 Å².